The van der Waals surface area contributed by atoms with Crippen molar-refractivity contribution in [3.8, 4) is 0 Å². The largest absolute Gasteiger partial charge is 0.345 e. The Morgan fingerprint density at radius 1 is 1.47 bits per heavy atom. The maximum Gasteiger partial charge on any atom is 0.251 e. The van der Waals surface area contributed by atoms with Crippen LogP contribution in [-0.2, 0) is 6.54 Å². The third kappa shape index (κ3) is 2.75. The zero-order valence-electron chi connectivity index (χ0n) is 8.75. The van der Waals surface area contributed by atoms with Crippen LogP contribution in [0.3, 0.4) is 0 Å². The Kier molecular flexibility index (Phi) is 3.26. The Morgan fingerprint density at radius 3 is 3.06 bits per heavy atom. The molecule has 2 rings (SSSR count). The molecule has 2 heterocycles. The molecular weight excluding hydrogens is 224 g/mol. The second-order valence-electron chi connectivity index (χ2n) is 3.10. The van der Waals surface area contributed by atoms with E-state index in [0.717, 1.165) is 0 Å². The van der Waals surface area contributed by atoms with E-state index in [-0.39, 0.29) is 12.5 Å². The first-order valence-corrected chi connectivity index (χ1v) is 4.75. The summed E-state index contributed by atoms with van der Waals surface area (Å²) in [5.41, 5.74) is 2.80. The molecule has 2 aromatic rings. The van der Waals surface area contributed by atoms with Crippen LogP contribution in [0.4, 0.5) is 5.82 Å². The molecule has 0 aliphatic rings. The number of rotatable bonds is 4. The van der Waals surface area contributed by atoms with Crippen LogP contribution < -0.4 is 16.6 Å². The van der Waals surface area contributed by atoms with Crippen LogP contribution in [0.15, 0.2) is 29.2 Å². The number of carbonyl (C=O) groups is 1. The van der Waals surface area contributed by atoms with Crippen LogP contribution in [0.5, 0.6) is 0 Å². The molecule has 17 heavy (non-hydrogen) atoms. The molecule has 1 amide bonds. The van der Waals surface area contributed by atoms with Crippen LogP contribution in [0.2, 0.25) is 0 Å². The van der Waals surface area contributed by atoms with E-state index in [1.54, 1.807) is 6.07 Å². The van der Waals surface area contributed by atoms with Crippen LogP contribution >= 0.6 is 0 Å². The van der Waals surface area contributed by atoms with Gasteiger partial charge < -0.3 is 15.3 Å². The van der Waals surface area contributed by atoms with Gasteiger partial charge in [0.05, 0.1) is 6.54 Å². The molecule has 0 saturated carbocycles. The highest BCUT2D eigenvalue weighted by Crippen LogP contribution is 2.05. The molecule has 0 spiro atoms. The lowest BCUT2D eigenvalue weighted by molar-refractivity contribution is 0.0949. The number of hydrazine groups is 1. The first-order valence-electron chi connectivity index (χ1n) is 4.75. The lowest BCUT2D eigenvalue weighted by Crippen LogP contribution is -2.23. The third-order valence-electron chi connectivity index (χ3n) is 1.98. The van der Waals surface area contributed by atoms with E-state index >= 15 is 0 Å². The van der Waals surface area contributed by atoms with Gasteiger partial charge >= 0.3 is 0 Å². The molecule has 0 bridgehead atoms. The van der Waals surface area contributed by atoms with E-state index < -0.39 is 0 Å². The molecule has 0 aliphatic carbocycles. The van der Waals surface area contributed by atoms with Gasteiger partial charge in [0, 0.05) is 11.8 Å². The van der Waals surface area contributed by atoms with Crippen LogP contribution in [0, 0.1) is 0 Å². The van der Waals surface area contributed by atoms with E-state index in [4.69, 9.17) is 5.84 Å². The molecule has 8 heteroatoms. The number of hydrogen-bond acceptors (Lipinski definition) is 7. The zero-order valence-corrected chi connectivity index (χ0v) is 8.75. The van der Waals surface area contributed by atoms with Crippen molar-refractivity contribution in [2.75, 3.05) is 5.43 Å². The highest BCUT2D eigenvalue weighted by molar-refractivity contribution is 5.94. The van der Waals surface area contributed by atoms with Gasteiger partial charge in [-0.05, 0) is 12.1 Å². The van der Waals surface area contributed by atoms with Crippen LogP contribution in [0.1, 0.15) is 16.2 Å². The van der Waals surface area contributed by atoms with Gasteiger partial charge in [-0.1, -0.05) is 5.16 Å². The summed E-state index contributed by atoms with van der Waals surface area (Å²) in [7, 11) is 0. The van der Waals surface area contributed by atoms with Gasteiger partial charge in [-0.3, -0.25) is 4.79 Å². The smallest absolute Gasteiger partial charge is 0.251 e. The maximum atomic E-state index is 11.7. The SMILES string of the molecule is NNc1cc(C(=O)NCc2ncon2)ccn1. The number of nitrogens with one attached hydrogen (secondary N) is 2. The predicted octanol–water partition coefficient (Wildman–Crippen LogP) is -0.320. The molecule has 0 saturated heterocycles. The number of nitrogens with zero attached hydrogens (tertiary/aromatic N) is 3. The van der Waals surface area contributed by atoms with E-state index in [2.05, 4.69) is 30.4 Å². The molecule has 0 fully saturated rings. The monoisotopic (exact) mass is 234 g/mol. The van der Waals surface area contributed by atoms with E-state index in [9.17, 15) is 4.79 Å². The average Bonchev–Trinajstić information content (AvgIpc) is 2.89. The lowest BCUT2D eigenvalue weighted by Gasteiger charge is -2.04. The summed E-state index contributed by atoms with van der Waals surface area (Å²) in [5, 5.41) is 6.20. The highest BCUT2D eigenvalue weighted by atomic mass is 16.5. The lowest BCUT2D eigenvalue weighted by atomic mass is 10.2. The van der Waals surface area contributed by atoms with Crippen molar-refractivity contribution in [1.29, 1.82) is 0 Å². The number of pyridine rings is 1. The van der Waals surface area contributed by atoms with Crippen molar-refractivity contribution in [3.63, 3.8) is 0 Å². The van der Waals surface area contributed by atoms with Gasteiger partial charge in [-0.25, -0.2) is 10.8 Å². The van der Waals surface area contributed by atoms with Crippen LogP contribution in [0.25, 0.3) is 0 Å². The summed E-state index contributed by atoms with van der Waals surface area (Å²) in [6.45, 7) is 0.197. The molecule has 8 nitrogen and oxygen atoms in total. The van der Waals surface area contributed by atoms with E-state index in [1.807, 2.05) is 0 Å². The van der Waals surface area contributed by atoms with Crippen molar-refractivity contribution in [3.05, 3.63) is 36.1 Å². The topological polar surface area (TPSA) is 119 Å². The van der Waals surface area contributed by atoms with E-state index in [0.29, 0.717) is 17.2 Å². The van der Waals surface area contributed by atoms with E-state index in [1.165, 1.54) is 18.7 Å². The molecule has 4 N–H and O–H groups in total. The fourth-order valence-corrected chi connectivity index (χ4v) is 1.18. The zero-order chi connectivity index (χ0) is 12.1. The minimum Gasteiger partial charge on any atom is -0.345 e. The van der Waals surface area contributed by atoms with Gasteiger partial charge in [0.25, 0.3) is 5.91 Å². The van der Waals surface area contributed by atoms with Gasteiger partial charge in [-0.15, -0.1) is 0 Å². The third-order valence-corrected chi connectivity index (χ3v) is 1.98. The predicted molar refractivity (Wildman–Crippen MR) is 57.5 cm³/mol. The van der Waals surface area contributed by atoms with Crippen molar-refractivity contribution in [1.82, 2.24) is 20.4 Å². The number of hydrogen-bond donors (Lipinski definition) is 3. The minimum atomic E-state index is -0.270. The Labute approximate surface area is 96.2 Å². The fraction of sp³-hybridized carbons (Fsp3) is 0.111. The summed E-state index contributed by atoms with van der Waals surface area (Å²) in [5.74, 6) is 5.74. The second kappa shape index (κ2) is 5.03. The van der Waals surface area contributed by atoms with Crippen molar-refractivity contribution in [2.24, 2.45) is 5.84 Å². The standard InChI is InChI=1S/C9H10N6O2/c10-14-7-3-6(1-2-11-7)9(16)12-4-8-13-5-17-15-8/h1-3,5H,4,10H2,(H,11,14)(H,12,16). The fourth-order valence-electron chi connectivity index (χ4n) is 1.18. The van der Waals surface area contributed by atoms with Crippen molar-refractivity contribution < 1.29 is 9.32 Å². The van der Waals surface area contributed by atoms with Crippen molar-refractivity contribution in [2.45, 2.75) is 6.54 Å². The molecule has 88 valence electrons. The quantitative estimate of drug-likeness (QED) is 0.490. The summed E-state index contributed by atoms with van der Waals surface area (Å²) in [6, 6.07) is 3.11. The Bertz CT molecular complexity index is 498. The van der Waals surface area contributed by atoms with Gasteiger partial charge in [-0.2, -0.15) is 4.98 Å². The van der Waals surface area contributed by atoms with Gasteiger partial charge in [0.2, 0.25) is 6.39 Å². The summed E-state index contributed by atoms with van der Waals surface area (Å²) >= 11 is 0. The van der Waals surface area contributed by atoms with Gasteiger partial charge in [0.1, 0.15) is 5.82 Å². The summed E-state index contributed by atoms with van der Waals surface area (Å²) in [4.78, 5) is 19.4. The second-order valence-corrected chi connectivity index (χ2v) is 3.10. The molecule has 0 unspecified atom stereocenters. The highest BCUT2D eigenvalue weighted by Gasteiger charge is 2.07. The minimum absolute atomic E-state index is 0.197. The maximum absolute atomic E-state index is 11.7. The summed E-state index contributed by atoms with van der Waals surface area (Å²) < 4.78 is 4.54. The molecule has 0 atom stereocenters. The first-order chi connectivity index (χ1) is 8.29. The molecular formula is C9H10N6O2. The Morgan fingerprint density at radius 2 is 2.35 bits per heavy atom. The molecule has 2 aromatic heterocycles. The van der Waals surface area contributed by atoms with Crippen LogP contribution in [-0.4, -0.2) is 21.0 Å². The molecule has 0 aromatic carbocycles. The Hall–Kier alpha value is -2.48. The number of nitrogen functional groups attached to an aromatic ring is 1. The number of nitrogens with two attached hydrogens (primary N) is 1. The Balaban J connectivity index is 1.99. The average molecular weight is 234 g/mol. The number of anilines is 1. The molecule has 0 aliphatic heterocycles. The number of amides is 1. The number of carbonyl (C=O) groups excluding carboxylic acids is 1. The number of aromatic nitrogens is 3. The molecule has 0 radical (unpaired) electrons. The normalized spacial score (nSPS) is 9.94. The van der Waals surface area contributed by atoms with Crippen molar-refractivity contribution >= 4 is 11.7 Å². The summed E-state index contributed by atoms with van der Waals surface area (Å²) in [6.07, 6.45) is 2.68. The first kappa shape index (κ1) is 11.0. The van der Waals surface area contributed by atoms with Gasteiger partial charge in [0.15, 0.2) is 5.82 Å².